The first kappa shape index (κ1) is 13.7. The van der Waals surface area contributed by atoms with Crippen LogP contribution in [0.1, 0.15) is 44.1 Å². The molecule has 0 saturated heterocycles. The van der Waals surface area contributed by atoms with Gasteiger partial charge in [-0.05, 0) is 36.6 Å². The summed E-state index contributed by atoms with van der Waals surface area (Å²) in [6, 6.07) is 12.3. The van der Waals surface area contributed by atoms with Gasteiger partial charge < -0.3 is 4.74 Å². The van der Waals surface area contributed by atoms with Gasteiger partial charge in [-0.1, -0.05) is 32.0 Å². The second-order valence-electron chi connectivity index (χ2n) is 5.00. The van der Waals surface area contributed by atoms with Crippen LogP contribution in [0.25, 0.3) is 11.3 Å². The van der Waals surface area contributed by atoms with Gasteiger partial charge in [0, 0.05) is 12.7 Å². The van der Waals surface area contributed by atoms with Crippen molar-refractivity contribution in [3.05, 3.63) is 47.7 Å². The highest BCUT2D eigenvalue weighted by Crippen LogP contribution is 2.23. The van der Waals surface area contributed by atoms with Gasteiger partial charge in [0.1, 0.15) is 0 Å². The van der Waals surface area contributed by atoms with Crippen molar-refractivity contribution in [2.75, 3.05) is 7.11 Å². The highest BCUT2D eigenvalue weighted by atomic mass is 16.5. The average molecular weight is 256 g/mol. The summed E-state index contributed by atoms with van der Waals surface area (Å²) in [6.07, 6.45) is 0.0860. The van der Waals surface area contributed by atoms with E-state index < -0.39 is 0 Å². The Morgan fingerprint density at radius 2 is 1.79 bits per heavy atom. The highest BCUT2D eigenvalue weighted by molar-refractivity contribution is 5.59. The van der Waals surface area contributed by atoms with Crippen molar-refractivity contribution in [1.82, 2.24) is 10.2 Å². The third-order valence-electron chi connectivity index (χ3n) is 3.28. The number of hydrogen-bond donors (Lipinski definition) is 0. The van der Waals surface area contributed by atoms with E-state index in [1.807, 2.05) is 31.2 Å². The summed E-state index contributed by atoms with van der Waals surface area (Å²) < 4.78 is 5.34. The Hall–Kier alpha value is -1.74. The van der Waals surface area contributed by atoms with Crippen LogP contribution in [0.3, 0.4) is 0 Å². The fraction of sp³-hybridized carbons (Fsp3) is 0.375. The largest absolute Gasteiger partial charge is 0.377 e. The molecule has 0 radical (unpaired) electrons. The van der Waals surface area contributed by atoms with E-state index >= 15 is 0 Å². The van der Waals surface area contributed by atoms with Crippen LogP contribution in [0.15, 0.2) is 36.4 Å². The van der Waals surface area contributed by atoms with E-state index in [2.05, 4.69) is 36.2 Å². The molecule has 0 amide bonds. The van der Waals surface area contributed by atoms with Gasteiger partial charge >= 0.3 is 0 Å². The Balaban J connectivity index is 2.31. The van der Waals surface area contributed by atoms with E-state index in [1.54, 1.807) is 7.11 Å². The van der Waals surface area contributed by atoms with Crippen molar-refractivity contribution in [1.29, 1.82) is 0 Å². The third kappa shape index (κ3) is 3.18. The van der Waals surface area contributed by atoms with Gasteiger partial charge in [0.25, 0.3) is 0 Å². The first-order valence-electron chi connectivity index (χ1n) is 6.58. The SMILES string of the molecule is CO[C@H](C)c1cccc(-c2ccc(C(C)C)nn2)c1. The van der Waals surface area contributed by atoms with Gasteiger partial charge in [-0.2, -0.15) is 10.2 Å². The summed E-state index contributed by atoms with van der Waals surface area (Å²) in [7, 11) is 1.72. The van der Waals surface area contributed by atoms with Crippen molar-refractivity contribution in [3.8, 4) is 11.3 Å². The Morgan fingerprint density at radius 1 is 1.00 bits per heavy atom. The molecular formula is C16H20N2O. The predicted octanol–water partition coefficient (Wildman–Crippen LogP) is 3.97. The fourth-order valence-electron chi connectivity index (χ4n) is 1.89. The number of rotatable bonds is 4. The van der Waals surface area contributed by atoms with E-state index in [-0.39, 0.29) is 6.10 Å². The fourth-order valence-corrected chi connectivity index (χ4v) is 1.89. The first-order chi connectivity index (χ1) is 9.11. The zero-order chi connectivity index (χ0) is 13.8. The van der Waals surface area contributed by atoms with Crippen molar-refractivity contribution in [2.24, 2.45) is 0 Å². The lowest BCUT2D eigenvalue weighted by molar-refractivity contribution is 0.119. The lowest BCUT2D eigenvalue weighted by atomic mass is 10.0. The maximum atomic E-state index is 5.34. The maximum Gasteiger partial charge on any atom is 0.0929 e. The molecule has 1 atom stereocenters. The summed E-state index contributed by atoms with van der Waals surface area (Å²) >= 11 is 0. The number of benzene rings is 1. The third-order valence-corrected chi connectivity index (χ3v) is 3.28. The molecule has 1 heterocycles. The Kier molecular flexibility index (Phi) is 4.27. The summed E-state index contributed by atoms with van der Waals surface area (Å²) in [5, 5.41) is 8.57. The monoisotopic (exact) mass is 256 g/mol. The lowest BCUT2D eigenvalue weighted by Gasteiger charge is -2.11. The molecule has 1 aromatic carbocycles. The van der Waals surface area contributed by atoms with Gasteiger partial charge in [0.05, 0.1) is 17.5 Å². The zero-order valence-corrected chi connectivity index (χ0v) is 11.9. The van der Waals surface area contributed by atoms with Crippen LogP contribution in [-0.4, -0.2) is 17.3 Å². The molecule has 0 saturated carbocycles. The van der Waals surface area contributed by atoms with Crippen LogP contribution < -0.4 is 0 Å². The Labute approximate surface area is 114 Å². The summed E-state index contributed by atoms with van der Waals surface area (Å²) in [5.74, 6) is 0.404. The number of methoxy groups -OCH3 is 1. The highest BCUT2D eigenvalue weighted by Gasteiger charge is 2.07. The molecular weight excluding hydrogens is 236 g/mol. The van der Waals surface area contributed by atoms with Gasteiger partial charge in [0.2, 0.25) is 0 Å². The first-order valence-corrected chi connectivity index (χ1v) is 6.58. The summed E-state index contributed by atoms with van der Waals surface area (Å²) in [6.45, 7) is 6.27. The minimum atomic E-state index is 0.0860. The molecule has 0 aliphatic heterocycles. The maximum absolute atomic E-state index is 5.34. The average Bonchev–Trinajstić information content (AvgIpc) is 2.46. The van der Waals surface area contributed by atoms with Crippen molar-refractivity contribution in [3.63, 3.8) is 0 Å². The quantitative estimate of drug-likeness (QED) is 0.830. The molecule has 0 N–H and O–H groups in total. The van der Waals surface area contributed by atoms with Crippen molar-refractivity contribution < 1.29 is 4.74 Å². The predicted molar refractivity (Wildman–Crippen MR) is 77.0 cm³/mol. The molecule has 2 rings (SSSR count). The normalized spacial score (nSPS) is 12.7. The molecule has 19 heavy (non-hydrogen) atoms. The van der Waals surface area contributed by atoms with Crippen molar-refractivity contribution >= 4 is 0 Å². The van der Waals surface area contributed by atoms with E-state index in [4.69, 9.17) is 4.74 Å². The topological polar surface area (TPSA) is 35.0 Å². The van der Waals surface area contributed by atoms with Crippen LogP contribution in [0.4, 0.5) is 0 Å². The molecule has 3 nitrogen and oxygen atoms in total. The van der Waals surface area contributed by atoms with E-state index in [0.29, 0.717) is 5.92 Å². The van der Waals surface area contributed by atoms with Crippen LogP contribution in [0, 0.1) is 0 Å². The molecule has 3 heteroatoms. The molecule has 0 aliphatic rings. The standard InChI is InChI=1S/C16H20N2O/c1-11(2)15-8-9-16(18-17-15)14-7-5-6-13(10-14)12(3)19-4/h5-12H,1-4H3/t12-/m1/s1. The van der Waals surface area contributed by atoms with Crippen LogP contribution in [-0.2, 0) is 4.74 Å². The van der Waals surface area contributed by atoms with Crippen LogP contribution >= 0.6 is 0 Å². The van der Waals surface area contributed by atoms with E-state index in [9.17, 15) is 0 Å². The molecule has 2 aromatic rings. The van der Waals surface area contributed by atoms with Gasteiger partial charge in [0.15, 0.2) is 0 Å². The minimum Gasteiger partial charge on any atom is -0.377 e. The smallest absolute Gasteiger partial charge is 0.0929 e. The number of nitrogens with zero attached hydrogens (tertiary/aromatic N) is 2. The Bertz CT molecular complexity index is 535. The van der Waals surface area contributed by atoms with E-state index in [0.717, 1.165) is 22.5 Å². The molecule has 0 fully saturated rings. The number of hydrogen-bond acceptors (Lipinski definition) is 3. The van der Waals surface area contributed by atoms with Crippen LogP contribution in [0.2, 0.25) is 0 Å². The molecule has 0 aliphatic carbocycles. The van der Waals surface area contributed by atoms with Crippen LogP contribution in [0.5, 0.6) is 0 Å². The van der Waals surface area contributed by atoms with E-state index in [1.165, 1.54) is 0 Å². The summed E-state index contributed by atoms with van der Waals surface area (Å²) in [5.41, 5.74) is 4.14. The zero-order valence-electron chi connectivity index (χ0n) is 11.9. The molecule has 100 valence electrons. The molecule has 0 bridgehead atoms. The van der Waals surface area contributed by atoms with Gasteiger partial charge in [-0.25, -0.2) is 0 Å². The second kappa shape index (κ2) is 5.93. The second-order valence-corrected chi connectivity index (χ2v) is 5.00. The van der Waals surface area contributed by atoms with Gasteiger partial charge in [-0.3, -0.25) is 0 Å². The number of ether oxygens (including phenoxy) is 1. The molecule has 0 unspecified atom stereocenters. The summed E-state index contributed by atoms with van der Waals surface area (Å²) in [4.78, 5) is 0. The Morgan fingerprint density at radius 3 is 2.37 bits per heavy atom. The molecule has 0 spiro atoms. The van der Waals surface area contributed by atoms with Gasteiger partial charge in [-0.15, -0.1) is 0 Å². The molecule has 1 aromatic heterocycles. The lowest BCUT2D eigenvalue weighted by Crippen LogP contribution is -1.98. The van der Waals surface area contributed by atoms with Crippen molar-refractivity contribution in [2.45, 2.75) is 32.8 Å². The number of aromatic nitrogens is 2. The minimum absolute atomic E-state index is 0.0860.